The third-order valence-electron chi connectivity index (χ3n) is 9.62. The van der Waals surface area contributed by atoms with E-state index in [1.165, 1.54) is 88.0 Å². The van der Waals surface area contributed by atoms with Gasteiger partial charge in [0.15, 0.2) is 0 Å². The zero-order valence-corrected chi connectivity index (χ0v) is 26.5. The van der Waals surface area contributed by atoms with Crippen LogP contribution in [0.2, 0.25) is 0 Å². The molecule has 9 rings (SSSR count). The minimum atomic E-state index is 1.20. The van der Waals surface area contributed by atoms with E-state index in [9.17, 15) is 0 Å². The predicted octanol–water partition coefficient (Wildman–Crippen LogP) is 13.5. The van der Waals surface area contributed by atoms with Gasteiger partial charge in [-0.05, 0) is 112 Å². The van der Waals surface area contributed by atoms with E-state index in [0.29, 0.717) is 0 Å². The Morgan fingerprint density at radius 1 is 0.208 bits per heavy atom. The fourth-order valence-electron chi connectivity index (χ4n) is 7.45. The molecule has 9 aromatic carbocycles. The average molecular weight is 609 g/mol. The van der Waals surface area contributed by atoms with Gasteiger partial charge in [-0.3, -0.25) is 0 Å². The second-order valence-corrected chi connectivity index (χ2v) is 12.5. The highest BCUT2D eigenvalue weighted by molar-refractivity contribution is 6.25. The smallest absolute Gasteiger partial charge is 0.00137 e. The number of rotatable bonds is 5. The van der Waals surface area contributed by atoms with Crippen molar-refractivity contribution in [3.63, 3.8) is 0 Å². The van der Waals surface area contributed by atoms with Crippen molar-refractivity contribution < 1.29 is 0 Å². The number of fused-ring (bicyclic) bond motifs is 3. The molecular weight excluding hydrogens is 577 g/mol. The van der Waals surface area contributed by atoms with E-state index in [1.807, 2.05) is 0 Å². The van der Waals surface area contributed by atoms with Crippen LogP contribution < -0.4 is 0 Å². The Hall–Kier alpha value is -6.24. The van der Waals surface area contributed by atoms with Crippen LogP contribution in [0.15, 0.2) is 194 Å². The molecule has 0 aliphatic heterocycles. The molecule has 0 atom stereocenters. The Morgan fingerprint density at radius 3 is 1.08 bits per heavy atom. The van der Waals surface area contributed by atoms with Gasteiger partial charge in [0, 0.05) is 0 Å². The Bertz CT molecular complexity index is 2500. The number of hydrogen-bond donors (Lipinski definition) is 0. The summed E-state index contributed by atoms with van der Waals surface area (Å²) in [4.78, 5) is 0. The Labute approximate surface area is 281 Å². The molecule has 0 heteroatoms. The molecule has 0 amide bonds. The Morgan fingerprint density at radius 2 is 0.583 bits per heavy atom. The summed E-state index contributed by atoms with van der Waals surface area (Å²) in [5.74, 6) is 0. The first-order valence-corrected chi connectivity index (χ1v) is 16.6. The van der Waals surface area contributed by atoms with Crippen LogP contribution in [0.1, 0.15) is 0 Å². The second kappa shape index (κ2) is 11.8. The maximum atomic E-state index is 2.42. The molecule has 0 aliphatic carbocycles. The van der Waals surface area contributed by atoms with Crippen molar-refractivity contribution in [2.75, 3.05) is 0 Å². The monoisotopic (exact) mass is 608 g/mol. The van der Waals surface area contributed by atoms with Crippen molar-refractivity contribution in [3.8, 4) is 55.6 Å². The Balaban J connectivity index is 1.52. The SMILES string of the molecule is c1ccc(-c2cc(-c3ccccc3)c(-c3c4ccccc4c(-c4ccccc4)c4cc5ccccc5cc34)c(-c3ccccc3)c2)cc1. The third kappa shape index (κ3) is 4.78. The zero-order chi connectivity index (χ0) is 31.9. The highest BCUT2D eigenvalue weighted by Crippen LogP contribution is 2.51. The van der Waals surface area contributed by atoms with Gasteiger partial charge in [0.1, 0.15) is 0 Å². The average Bonchev–Trinajstić information content (AvgIpc) is 3.17. The van der Waals surface area contributed by atoms with Crippen molar-refractivity contribution in [3.05, 3.63) is 194 Å². The summed E-state index contributed by atoms with van der Waals surface area (Å²) in [7, 11) is 0. The summed E-state index contributed by atoms with van der Waals surface area (Å²) in [5, 5.41) is 7.51. The van der Waals surface area contributed by atoms with Crippen LogP contribution in [0.4, 0.5) is 0 Å². The summed E-state index contributed by atoms with van der Waals surface area (Å²) in [5.41, 5.74) is 12.3. The lowest BCUT2D eigenvalue weighted by atomic mass is 9.79. The quantitative estimate of drug-likeness (QED) is 0.171. The van der Waals surface area contributed by atoms with Crippen LogP contribution in [0, 0.1) is 0 Å². The van der Waals surface area contributed by atoms with Gasteiger partial charge in [0.25, 0.3) is 0 Å². The number of hydrogen-bond acceptors (Lipinski definition) is 0. The second-order valence-electron chi connectivity index (χ2n) is 12.5. The van der Waals surface area contributed by atoms with Crippen LogP contribution >= 0.6 is 0 Å². The van der Waals surface area contributed by atoms with Gasteiger partial charge in [-0.1, -0.05) is 170 Å². The van der Waals surface area contributed by atoms with E-state index in [2.05, 4.69) is 194 Å². The van der Waals surface area contributed by atoms with Gasteiger partial charge in [0.05, 0.1) is 0 Å². The molecule has 0 saturated carbocycles. The summed E-state index contributed by atoms with van der Waals surface area (Å²) >= 11 is 0. The molecule has 9 aromatic rings. The lowest BCUT2D eigenvalue weighted by molar-refractivity contribution is 1.56. The highest BCUT2D eigenvalue weighted by atomic mass is 14.3. The Kier molecular flexibility index (Phi) is 6.91. The minimum absolute atomic E-state index is 1.20. The standard InChI is InChI=1S/C48H32/c1-5-17-33(18-6-1)39-31-42(34-19-7-2-8-20-34)48(43(32-39)35-21-9-3-10-22-35)47-41-28-16-15-27-40(41)46(36-23-11-4-12-24-36)44-29-37-25-13-14-26-38(37)30-45(44)47/h1-32H. The van der Waals surface area contributed by atoms with Gasteiger partial charge < -0.3 is 0 Å². The fourth-order valence-corrected chi connectivity index (χ4v) is 7.45. The van der Waals surface area contributed by atoms with Crippen molar-refractivity contribution in [2.45, 2.75) is 0 Å². The third-order valence-corrected chi connectivity index (χ3v) is 9.62. The predicted molar refractivity (Wildman–Crippen MR) is 206 cm³/mol. The molecule has 0 fully saturated rings. The summed E-state index contributed by atoms with van der Waals surface area (Å²) < 4.78 is 0. The van der Waals surface area contributed by atoms with Crippen molar-refractivity contribution in [2.24, 2.45) is 0 Å². The molecule has 0 N–H and O–H groups in total. The van der Waals surface area contributed by atoms with Crippen molar-refractivity contribution in [1.82, 2.24) is 0 Å². The summed E-state index contributed by atoms with van der Waals surface area (Å²) in [6.45, 7) is 0. The van der Waals surface area contributed by atoms with Crippen LogP contribution in [-0.2, 0) is 0 Å². The highest BCUT2D eigenvalue weighted by Gasteiger charge is 2.23. The molecule has 0 heterocycles. The normalized spacial score (nSPS) is 11.3. The lowest BCUT2D eigenvalue weighted by Gasteiger charge is -2.24. The van der Waals surface area contributed by atoms with E-state index in [1.54, 1.807) is 0 Å². The molecule has 0 saturated heterocycles. The van der Waals surface area contributed by atoms with Crippen LogP contribution in [0.5, 0.6) is 0 Å². The molecule has 48 heavy (non-hydrogen) atoms. The maximum absolute atomic E-state index is 2.42. The first-order valence-electron chi connectivity index (χ1n) is 16.6. The molecule has 0 unspecified atom stereocenters. The van der Waals surface area contributed by atoms with Crippen LogP contribution in [-0.4, -0.2) is 0 Å². The minimum Gasteiger partial charge on any atom is -0.0622 e. The van der Waals surface area contributed by atoms with E-state index >= 15 is 0 Å². The van der Waals surface area contributed by atoms with Crippen molar-refractivity contribution in [1.29, 1.82) is 0 Å². The maximum Gasteiger partial charge on any atom is -0.00137 e. The number of benzene rings is 9. The van der Waals surface area contributed by atoms with E-state index in [-0.39, 0.29) is 0 Å². The molecule has 0 aliphatic rings. The fraction of sp³-hybridized carbons (Fsp3) is 0. The van der Waals surface area contributed by atoms with Crippen LogP contribution in [0.3, 0.4) is 0 Å². The molecule has 0 spiro atoms. The lowest BCUT2D eigenvalue weighted by Crippen LogP contribution is -1.97. The van der Waals surface area contributed by atoms with Crippen LogP contribution in [0.25, 0.3) is 88.0 Å². The van der Waals surface area contributed by atoms with E-state index < -0.39 is 0 Å². The molecule has 224 valence electrons. The first-order chi connectivity index (χ1) is 23.8. The molecular formula is C48H32. The summed E-state index contributed by atoms with van der Waals surface area (Å²) in [6, 6.07) is 70.9. The molecule has 0 bridgehead atoms. The molecule has 0 nitrogen and oxygen atoms in total. The van der Waals surface area contributed by atoms with E-state index in [0.717, 1.165) is 0 Å². The first kappa shape index (κ1) is 28.0. The van der Waals surface area contributed by atoms with Gasteiger partial charge in [0.2, 0.25) is 0 Å². The molecule has 0 aromatic heterocycles. The van der Waals surface area contributed by atoms with Gasteiger partial charge in [-0.25, -0.2) is 0 Å². The zero-order valence-electron chi connectivity index (χ0n) is 26.5. The van der Waals surface area contributed by atoms with E-state index in [4.69, 9.17) is 0 Å². The van der Waals surface area contributed by atoms with Gasteiger partial charge in [-0.2, -0.15) is 0 Å². The largest absolute Gasteiger partial charge is 0.0622 e. The van der Waals surface area contributed by atoms with Gasteiger partial charge >= 0.3 is 0 Å². The van der Waals surface area contributed by atoms with Gasteiger partial charge in [-0.15, -0.1) is 0 Å². The summed E-state index contributed by atoms with van der Waals surface area (Å²) in [6.07, 6.45) is 0. The molecule has 0 radical (unpaired) electrons. The topological polar surface area (TPSA) is 0 Å². The van der Waals surface area contributed by atoms with Crippen molar-refractivity contribution >= 4 is 32.3 Å².